The predicted molar refractivity (Wildman–Crippen MR) is 64.1 cm³/mol. The summed E-state index contributed by atoms with van der Waals surface area (Å²) in [4.78, 5) is 0. The van der Waals surface area contributed by atoms with Gasteiger partial charge in [0, 0.05) is 19.4 Å². The third-order valence-electron chi connectivity index (χ3n) is 3.39. The summed E-state index contributed by atoms with van der Waals surface area (Å²) in [5.74, 6) is 3.13. The van der Waals surface area contributed by atoms with Crippen molar-refractivity contribution in [1.29, 1.82) is 0 Å². The van der Waals surface area contributed by atoms with Crippen LogP contribution in [0.25, 0.3) is 0 Å². The minimum absolute atomic E-state index is 0.766. The molecule has 0 spiro atoms. The fourth-order valence-electron chi connectivity index (χ4n) is 2.33. The Bertz CT molecular complexity index is 332. The Balaban J connectivity index is 1.90. The van der Waals surface area contributed by atoms with Gasteiger partial charge in [-0.2, -0.15) is 0 Å². The minimum atomic E-state index is 0.766. The van der Waals surface area contributed by atoms with Gasteiger partial charge >= 0.3 is 0 Å². The highest BCUT2D eigenvalue weighted by atomic mass is 15.3. The lowest BCUT2D eigenvalue weighted by Gasteiger charge is -2.20. The normalized spacial score (nSPS) is 19.8. The standard InChI is InChI=1S/C12H22N4/c1-10-6-8-16-11(5-3-2-4-7-13)14-15-12(16)9-10/h10H,2-9,13H2,1H3. The Morgan fingerprint density at radius 1 is 1.31 bits per heavy atom. The molecule has 2 heterocycles. The van der Waals surface area contributed by atoms with Crippen LogP contribution in [0.15, 0.2) is 0 Å². The molecule has 16 heavy (non-hydrogen) atoms. The van der Waals surface area contributed by atoms with Crippen molar-refractivity contribution in [2.75, 3.05) is 6.54 Å². The van der Waals surface area contributed by atoms with Crippen molar-refractivity contribution in [3.05, 3.63) is 11.6 Å². The summed E-state index contributed by atoms with van der Waals surface area (Å²) >= 11 is 0. The molecule has 1 unspecified atom stereocenters. The van der Waals surface area contributed by atoms with Gasteiger partial charge < -0.3 is 10.3 Å². The van der Waals surface area contributed by atoms with Gasteiger partial charge in [-0.05, 0) is 31.7 Å². The number of fused-ring (bicyclic) bond motifs is 1. The zero-order chi connectivity index (χ0) is 11.4. The summed E-state index contributed by atoms with van der Waals surface area (Å²) in [6.45, 7) is 4.20. The fourth-order valence-corrected chi connectivity index (χ4v) is 2.33. The summed E-state index contributed by atoms with van der Waals surface area (Å²) in [7, 11) is 0. The SMILES string of the molecule is CC1CCn2c(CCCCCN)nnc2C1. The topological polar surface area (TPSA) is 56.7 Å². The summed E-state index contributed by atoms with van der Waals surface area (Å²) < 4.78 is 2.32. The van der Waals surface area contributed by atoms with E-state index in [4.69, 9.17) is 5.73 Å². The number of nitrogens with two attached hydrogens (primary N) is 1. The third-order valence-corrected chi connectivity index (χ3v) is 3.39. The molecule has 1 aromatic heterocycles. The fraction of sp³-hybridized carbons (Fsp3) is 0.833. The molecule has 2 N–H and O–H groups in total. The molecule has 0 saturated carbocycles. The van der Waals surface area contributed by atoms with Crippen LogP contribution in [0.3, 0.4) is 0 Å². The van der Waals surface area contributed by atoms with E-state index in [0.717, 1.165) is 38.3 Å². The highest BCUT2D eigenvalue weighted by molar-refractivity contribution is 5.00. The van der Waals surface area contributed by atoms with E-state index >= 15 is 0 Å². The number of aryl methyl sites for hydroxylation is 1. The van der Waals surface area contributed by atoms with Gasteiger partial charge in [-0.3, -0.25) is 0 Å². The first kappa shape index (κ1) is 11.6. The Hall–Kier alpha value is -0.900. The van der Waals surface area contributed by atoms with E-state index in [2.05, 4.69) is 21.7 Å². The molecule has 0 fully saturated rings. The highest BCUT2D eigenvalue weighted by Crippen LogP contribution is 2.20. The molecule has 0 aromatic carbocycles. The lowest BCUT2D eigenvalue weighted by molar-refractivity contribution is 0.401. The molecule has 0 bridgehead atoms. The molecule has 1 aromatic rings. The average Bonchev–Trinajstić information content (AvgIpc) is 2.67. The number of nitrogens with zero attached hydrogens (tertiary/aromatic N) is 3. The van der Waals surface area contributed by atoms with E-state index < -0.39 is 0 Å². The van der Waals surface area contributed by atoms with Gasteiger partial charge in [0.1, 0.15) is 11.6 Å². The maximum Gasteiger partial charge on any atom is 0.133 e. The Labute approximate surface area is 97.2 Å². The smallest absolute Gasteiger partial charge is 0.133 e. The molecule has 0 saturated heterocycles. The minimum Gasteiger partial charge on any atom is -0.330 e. The number of hydrogen-bond donors (Lipinski definition) is 1. The Morgan fingerprint density at radius 3 is 3.00 bits per heavy atom. The quantitative estimate of drug-likeness (QED) is 0.769. The molecule has 1 atom stereocenters. The molecule has 1 aliphatic rings. The summed E-state index contributed by atoms with van der Waals surface area (Å²) in [6.07, 6.45) is 6.93. The second-order valence-electron chi connectivity index (χ2n) is 4.88. The van der Waals surface area contributed by atoms with Crippen molar-refractivity contribution in [3.63, 3.8) is 0 Å². The average molecular weight is 222 g/mol. The molecule has 0 aliphatic carbocycles. The van der Waals surface area contributed by atoms with Crippen LogP contribution in [0.4, 0.5) is 0 Å². The molecular weight excluding hydrogens is 200 g/mol. The summed E-state index contributed by atoms with van der Waals surface area (Å²) in [5.41, 5.74) is 5.48. The van der Waals surface area contributed by atoms with Crippen LogP contribution in [0, 0.1) is 5.92 Å². The lowest BCUT2D eigenvalue weighted by atomic mass is 10.0. The predicted octanol–water partition coefficient (Wildman–Crippen LogP) is 1.53. The lowest BCUT2D eigenvalue weighted by Crippen LogP contribution is -2.19. The zero-order valence-corrected chi connectivity index (χ0v) is 10.2. The second kappa shape index (κ2) is 5.43. The number of hydrogen-bond acceptors (Lipinski definition) is 3. The first-order valence-electron chi connectivity index (χ1n) is 6.42. The van der Waals surface area contributed by atoms with Crippen LogP contribution in [-0.2, 0) is 19.4 Å². The maximum absolute atomic E-state index is 5.48. The van der Waals surface area contributed by atoms with Crippen LogP contribution >= 0.6 is 0 Å². The molecule has 90 valence electrons. The summed E-state index contributed by atoms with van der Waals surface area (Å²) in [5, 5.41) is 8.61. The largest absolute Gasteiger partial charge is 0.330 e. The van der Waals surface area contributed by atoms with E-state index in [-0.39, 0.29) is 0 Å². The van der Waals surface area contributed by atoms with E-state index in [1.165, 1.54) is 30.9 Å². The summed E-state index contributed by atoms with van der Waals surface area (Å²) in [6, 6.07) is 0. The molecule has 2 rings (SSSR count). The van der Waals surface area contributed by atoms with Gasteiger partial charge in [0.05, 0.1) is 0 Å². The van der Waals surface area contributed by atoms with Crippen LogP contribution in [0.5, 0.6) is 0 Å². The van der Waals surface area contributed by atoms with Gasteiger partial charge in [-0.15, -0.1) is 10.2 Å². The first-order chi connectivity index (χ1) is 7.81. The van der Waals surface area contributed by atoms with Gasteiger partial charge in [0.15, 0.2) is 0 Å². The molecule has 1 aliphatic heterocycles. The molecule has 0 radical (unpaired) electrons. The van der Waals surface area contributed by atoms with Crippen LogP contribution in [0.1, 0.15) is 44.3 Å². The zero-order valence-electron chi connectivity index (χ0n) is 10.2. The van der Waals surface area contributed by atoms with E-state index in [0.29, 0.717) is 0 Å². The molecule has 4 nitrogen and oxygen atoms in total. The number of unbranched alkanes of at least 4 members (excludes halogenated alkanes) is 2. The molecule has 0 amide bonds. The van der Waals surface area contributed by atoms with Crippen molar-refractivity contribution in [2.45, 2.75) is 52.0 Å². The monoisotopic (exact) mass is 222 g/mol. The molecule has 4 heteroatoms. The van der Waals surface area contributed by atoms with Crippen LogP contribution in [0.2, 0.25) is 0 Å². The van der Waals surface area contributed by atoms with Crippen molar-refractivity contribution in [1.82, 2.24) is 14.8 Å². The number of rotatable bonds is 5. The maximum atomic E-state index is 5.48. The van der Waals surface area contributed by atoms with Crippen LogP contribution in [-0.4, -0.2) is 21.3 Å². The van der Waals surface area contributed by atoms with Crippen molar-refractivity contribution >= 4 is 0 Å². The number of aromatic nitrogens is 3. The van der Waals surface area contributed by atoms with E-state index in [1.807, 2.05) is 0 Å². The van der Waals surface area contributed by atoms with Crippen molar-refractivity contribution < 1.29 is 0 Å². The van der Waals surface area contributed by atoms with Crippen molar-refractivity contribution in [2.24, 2.45) is 11.7 Å². The second-order valence-corrected chi connectivity index (χ2v) is 4.88. The Kier molecular flexibility index (Phi) is 3.93. The van der Waals surface area contributed by atoms with Gasteiger partial charge in [0.25, 0.3) is 0 Å². The van der Waals surface area contributed by atoms with E-state index in [1.54, 1.807) is 0 Å². The highest BCUT2D eigenvalue weighted by Gasteiger charge is 2.19. The first-order valence-corrected chi connectivity index (χ1v) is 6.42. The Morgan fingerprint density at radius 2 is 2.19 bits per heavy atom. The van der Waals surface area contributed by atoms with Gasteiger partial charge in [0.2, 0.25) is 0 Å². The van der Waals surface area contributed by atoms with Crippen molar-refractivity contribution in [3.8, 4) is 0 Å². The van der Waals surface area contributed by atoms with E-state index in [9.17, 15) is 0 Å². The third kappa shape index (κ3) is 2.61. The van der Waals surface area contributed by atoms with Gasteiger partial charge in [-0.25, -0.2) is 0 Å². The molecular formula is C12H22N4. The van der Waals surface area contributed by atoms with Crippen LogP contribution < -0.4 is 5.73 Å². The van der Waals surface area contributed by atoms with Gasteiger partial charge in [-0.1, -0.05) is 13.3 Å².